The van der Waals surface area contributed by atoms with Gasteiger partial charge in [0.25, 0.3) is 5.91 Å². The molecule has 5 heterocycles. The highest BCUT2D eigenvalue weighted by Gasteiger charge is 2.40. The van der Waals surface area contributed by atoms with Crippen molar-refractivity contribution in [3.8, 4) is 11.5 Å². The first-order valence-electron chi connectivity index (χ1n) is 13.5. The van der Waals surface area contributed by atoms with E-state index >= 15 is 0 Å². The summed E-state index contributed by atoms with van der Waals surface area (Å²) < 4.78 is 3.71. The summed E-state index contributed by atoms with van der Waals surface area (Å²) in [6.07, 6.45) is 10.3. The Morgan fingerprint density at radius 1 is 1.03 bits per heavy atom. The maximum atomic E-state index is 13.9. The summed E-state index contributed by atoms with van der Waals surface area (Å²) in [4.78, 5) is 34.7. The van der Waals surface area contributed by atoms with Crippen LogP contribution in [-0.4, -0.2) is 65.8 Å². The number of rotatable bonds is 5. The van der Waals surface area contributed by atoms with E-state index in [0.717, 1.165) is 22.6 Å². The highest BCUT2D eigenvalue weighted by molar-refractivity contribution is 5.94. The van der Waals surface area contributed by atoms with Gasteiger partial charge in [-0.05, 0) is 60.7 Å². The molecule has 39 heavy (non-hydrogen) atoms. The molecule has 9 nitrogen and oxygen atoms in total. The second-order valence-electron chi connectivity index (χ2n) is 10.4. The lowest BCUT2D eigenvalue weighted by Gasteiger charge is -2.37. The van der Waals surface area contributed by atoms with Crippen LogP contribution in [0.3, 0.4) is 0 Å². The van der Waals surface area contributed by atoms with Gasteiger partial charge in [0.2, 0.25) is 5.91 Å². The molecule has 1 saturated carbocycles. The van der Waals surface area contributed by atoms with Crippen LogP contribution >= 0.6 is 0 Å². The van der Waals surface area contributed by atoms with E-state index in [1.807, 2.05) is 17.2 Å². The van der Waals surface area contributed by atoms with Crippen molar-refractivity contribution in [3.63, 3.8) is 0 Å². The normalized spacial score (nSPS) is 18.4. The molecule has 3 aromatic heterocycles. The molecule has 1 aliphatic carbocycles. The molecule has 2 amide bonds. The van der Waals surface area contributed by atoms with E-state index in [0.29, 0.717) is 49.8 Å². The Morgan fingerprint density at radius 3 is 2.56 bits per heavy atom. The molecule has 2 aliphatic heterocycles. The van der Waals surface area contributed by atoms with Crippen LogP contribution in [0, 0.1) is 0 Å². The number of nitrogens with zero attached hydrogens (tertiary/aromatic N) is 7. The number of hydrogen-bond acceptors (Lipinski definition) is 5. The van der Waals surface area contributed by atoms with Gasteiger partial charge < -0.3 is 9.80 Å². The molecular formula is C30H29N7O2. The minimum absolute atomic E-state index is 0.106. The van der Waals surface area contributed by atoms with Crippen molar-refractivity contribution in [1.29, 1.82) is 0 Å². The second kappa shape index (κ2) is 9.34. The molecule has 3 aliphatic rings. The van der Waals surface area contributed by atoms with Crippen molar-refractivity contribution in [3.05, 3.63) is 102 Å². The Labute approximate surface area is 226 Å². The Bertz CT molecular complexity index is 1550. The van der Waals surface area contributed by atoms with Crippen molar-refractivity contribution in [2.24, 2.45) is 0 Å². The fraction of sp³-hybridized carbons (Fsp3) is 0.300. The third-order valence-corrected chi connectivity index (χ3v) is 8.08. The van der Waals surface area contributed by atoms with Crippen molar-refractivity contribution < 1.29 is 9.59 Å². The standard InChI is InChI=1S/C30H29N7O2/c1-2-28(38)34-16-12-24-29-25(37(33-24)23-9-6-21(7-10-23)20-4-5-20)13-17-35(26(29)19-34)30(39)22-8-11-27(31-18-22)36-15-3-14-32-36/h2-3,6-11,14-15,18,20,26H,1,4-5,12-13,16-17,19H2/t26-/m1/s1. The van der Waals surface area contributed by atoms with Crippen LogP contribution in [0.25, 0.3) is 11.5 Å². The van der Waals surface area contributed by atoms with E-state index in [-0.39, 0.29) is 17.9 Å². The van der Waals surface area contributed by atoms with Gasteiger partial charge in [0.1, 0.15) is 0 Å². The molecule has 0 spiro atoms. The lowest BCUT2D eigenvalue weighted by atomic mass is 9.95. The number of amides is 2. The van der Waals surface area contributed by atoms with Gasteiger partial charge in [-0.1, -0.05) is 18.7 Å². The predicted octanol–water partition coefficient (Wildman–Crippen LogP) is 3.64. The molecular weight excluding hydrogens is 490 g/mol. The number of carbonyl (C=O) groups excluding carboxylic acids is 2. The van der Waals surface area contributed by atoms with Gasteiger partial charge in [0.05, 0.1) is 28.7 Å². The zero-order valence-electron chi connectivity index (χ0n) is 21.6. The van der Waals surface area contributed by atoms with Crippen LogP contribution in [0.4, 0.5) is 0 Å². The van der Waals surface area contributed by atoms with Crippen molar-refractivity contribution >= 4 is 11.8 Å². The van der Waals surface area contributed by atoms with Gasteiger partial charge in [0, 0.05) is 56.6 Å². The van der Waals surface area contributed by atoms with Gasteiger partial charge in [0.15, 0.2) is 5.82 Å². The van der Waals surface area contributed by atoms with Gasteiger partial charge in [-0.25, -0.2) is 14.3 Å². The van der Waals surface area contributed by atoms with Crippen LogP contribution in [0.1, 0.15) is 57.7 Å². The molecule has 0 unspecified atom stereocenters. The maximum Gasteiger partial charge on any atom is 0.256 e. The number of aromatic nitrogens is 5. The largest absolute Gasteiger partial charge is 0.336 e. The van der Waals surface area contributed by atoms with E-state index in [2.05, 4.69) is 45.6 Å². The average molecular weight is 520 g/mol. The first-order chi connectivity index (χ1) is 19.1. The second-order valence-corrected chi connectivity index (χ2v) is 10.4. The summed E-state index contributed by atoms with van der Waals surface area (Å²) in [7, 11) is 0. The van der Waals surface area contributed by atoms with Crippen LogP contribution in [0.5, 0.6) is 0 Å². The summed E-state index contributed by atoms with van der Waals surface area (Å²) in [5.41, 5.74) is 6.08. The molecule has 0 N–H and O–H groups in total. The van der Waals surface area contributed by atoms with Crippen molar-refractivity contribution in [2.45, 2.75) is 37.6 Å². The monoisotopic (exact) mass is 519 g/mol. The van der Waals surface area contributed by atoms with E-state index in [1.54, 1.807) is 34.1 Å². The zero-order chi connectivity index (χ0) is 26.5. The van der Waals surface area contributed by atoms with E-state index in [1.165, 1.54) is 24.5 Å². The highest BCUT2D eigenvalue weighted by Crippen LogP contribution is 2.41. The first-order valence-corrected chi connectivity index (χ1v) is 13.5. The molecule has 7 rings (SSSR count). The minimum Gasteiger partial charge on any atom is -0.336 e. The topological polar surface area (TPSA) is 89.2 Å². The number of pyridine rings is 1. The average Bonchev–Trinajstić information content (AvgIpc) is 3.61. The van der Waals surface area contributed by atoms with Gasteiger partial charge in [-0.15, -0.1) is 0 Å². The fourth-order valence-electron chi connectivity index (χ4n) is 5.90. The van der Waals surface area contributed by atoms with E-state index in [4.69, 9.17) is 5.10 Å². The Morgan fingerprint density at radius 2 is 1.87 bits per heavy atom. The molecule has 0 radical (unpaired) electrons. The molecule has 1 atom stereocenters. The molecule has 196 valence electrons. The third-order valence-electron chi connectivity index (χ3n) is 8.08. The quantitative estimate of drug-likeness (QED) is 0.376. The summed E-state index contributed by atoms with van der Waals surface area (Å²) >= 11 is 0. The van der Waals surface area contributed by atoms with Crippen LogP contribution in [0.15, 0.2) is 73.7 Å². The highest BCUT2D eigenvalue weighted by atomic mass is 16.2. The summed E-state index contributed by atoms with van der Waals surface area (Å²) in [6.45, 7) is 5.15. The van der Waals surface area contributed by atoms with E-state index in [9.17, 15) is 9.59 Å². The summed E-state index contributed by atoms with van der Waals surface area (Å²) in [5, 5.41) is 9.26. The molecule has 1 aromatic carbocycles. The van der Waals surface area contributed by atoms with Crippen molar-refractivity contribution in [2.75, 3.05) is 19.6 Å². The minimum atomic E-state index is -0.298. The lowest BCUT2D eigenvalue weighted by molar-refractivity contribution is -0.126. The Kier molecular flexibility index (Phi) is 5.65. The van der Waals surface area contributed by atoms with Gasteiger partial charge >= 0.3 is 0 Å². The molecule has 4 aromatic rings. The van der Waals surface area contributed by atoms with Crippen LogP contribution in [-0.2, 0) is 17.6 Å². The summed E-state index contributed by atoms with van der Waals surface area (Å²) in [5.74, 6) is 1.11. The third kappa shape index (κ3) is 4.14. The number of carbonyl (C=O) groups is 2. The van der Waals surface area contributed by atoms with Gasteiger partial charge in [-0.3, -0.25) is 9.59 Å². The first kappa shape index (κ1) is 23.6. The Balaban J connectivity index is 1.24. The van der Waals surface area contributed by atoms with Crippen LogP contribution < -0.4 is 0 Å². The fourth-order valence-corrected chi connectivity index (χ4v) is 5.90. The SMILES string of the molecule is C=CC(=O)N1CCc2nn(-c3ccc(C4CC4)cc3)c3c2[C@@H](C1)N(C(=O)c1ccc(-n2cccn2)nc1)CC3. The van der Waals surface area contributed by atoms with E-state index < -0.39 is 0 Å². The maximum absolute atomic E-state index is 13.9. The molecule has 1 fully saturated rings. The molecule has 0 saturated heterocycles. The molecule has 9 heteroatoms. The van der Waals surface area contributed by atoms with Gasteiger partial charge in [-0.2, -0.15) is 10.2 Å². The Hall–Kier alpha value is -4.53. The number of hydrogen-bond donors (Lipinski definition) is 0. The lowest BCUT2D eigenvalue weighted by Crippen LogP contribution is -2.45. The van der Waals surface area contributed by atoms with Crippen LogP contribution in [0.2, 0.25) is 0 Å². The smallest absolute Gasteiger partial charge is 0.256 e. The molecule has 0 bridgehead atoms. The summed E-state index contributed by atoms with van der Waals surface area (Å²) in [6, 6.07) is 13.9. The zero-order valence-corrected chi connectivity index (χ0v) is 21.6. The number of benzene rings is 1. The predicted molar refractivity (Wildman–Crippen MR) is 145 cm³/mol. The van der Waals surface area contributed by atoms with Crippen molar-refractivity contribution in [1.82, 2.24) is 34.3 Å².